The number of cyclic esters (lactones) is 1. The molecule has 3 N–H and O–H groups in total. The highest BCUT2D eigenvalue weighted by molar-refractivity contribution is 7.46. The minimum absolute atomic E-state index is 0.0239. The number of halogens is 2. The number of hydrogen-bond acceptors (Lipinski definition) is 9. The van der Waals surface area contributed by atoms with E-state index in [9.17, 15) is 38.2 Å². The lowest BCUT2D eigenvalue weighted by Crippen LogP contribution is -2.49. The quantitative estimate of drug-likeness (QED) is 0.157. The van der Waals surface area contributed by atoms with Crippen LogP contribution in [0.4, 0.5) is 30.6 Å². The number of phosphoric ester groups is 1. The lowest BCUT2D eigenvalue weighted by molar-refractivity contribution is -0.139. The van der Waals surface area contributed by atoms with Gasteiger partial charge in [-0.15, -0.1) is 0 Å². The summed E-state index contributed by atoms with van der Waals surface area (Å²) in [7, 11) is -5.04. The van der Waals surface area contributed by atoms with Crippen LogP contribution >= 0.6 is 7.82 Å². The van der Waals surface area contributed by atoms with Crippen LogP contribution in [0.1, 0.15) is 49.9 Å². The van der Waals surface area contributed by atoms with E-state index < -0.39 is 55.4 Å². The van der Waals surface area contributed by atoms with Crippen LogP contribution in [0.2, 0.25) is 0 Å². The topological polar surface area (TPSA) is 166 Å². The number of hydrogen-bond donors (Lipinski definition) is 3. The van der Waals surface area contributed by atoms with Crippen molar-refractivity contribution in [3.63, 3.8) is 0 Å². The highest BCUT2D eigenvalue weighted by Crippen LogP contribution is 2.46. The number of carboxylic acid groups (broad SMARTS) is 1. The molecule has 0 spiro atoms. The predicted octanol–water partition coefficient (Wildman–Crippen LogP) is 4.34. The molecule has 1 unspecified atom stereocenters. The molecule has 1 amide bonds. The van der Waals surface area contributed by atoms with E-state index in [1.807, 2.05) is 11.8 Å². The average molecular weight is 668 g/mol. The Balaban J connectivity index is 1.36. The van der Waals surface area contributed by atoms with E-state index in [0.717, 1.165) is 25.0 Å². The first-order valence-electron chi connectivity index (χ1n) is 15.0. The zero-order valence-electron chi connectivity index (χ0n) is 25.4. The van der Waals surface area contributed by atoms with Crippen LogP contribution < -0.4 is 19.4 Å². The zero-order chi connectivity index (χ0) is 33.4. The number of benzene rings is 2. The summed E-state index contributed by atoms with van der Waals surface area (Å²) in [4.78, 5) is 60.7. The van der Waals surface area contributed by atoms with Crippen LogP contribution in [0.3, 0.4) is 0 Å². The van der Waals surface area contributed by atoms with E-state index in [4.69, 9.17) is 14.0 Å². The highest BCUT2D eigenvalue weighted by atomic mass is 31.2. The molecule has 2 aromatic rings. The van der Waals surface area contributed by atoms with E-state index in [-0.39, 0.29) is 67.8 Å². The van der Waals surface area contributed by atoms with Crippen molar-refractivity contribution in [3.05, 3.63) is 47.5 Å². The number of anilines is 3. The van der Waals surface area contributed by atoms with Crippen molar-refractivity contribution in [2.24, 2.45) is 5.92 Å². The van der Waals surface area contributed by atoms with Gasteiger partial charge in [0, 0.05) is 37.3 Å². The molecule has 5 rings (SSSR count). The van der Waals surface area contributed by atoms with E-state index in [1.165, 1.54) is 30.0 Å². The van der Waals surface area contributed by atoms with Crippen LogP contribution in [0.25, 0.3) is 0 Å². The molecule has 16 heteroatoms. The number of phosphoric acid groups is 1. The summed E-state index contributed by atoms with van der Waals surface area (Å²) in [6, 6.07) is 6.56. The summed E-state index contributed by atoms with van der Waals surface area (Å²) in [5, 5.41) is 9.42. The molecule has 250 valence electrons. The third kappa shape index (κ3) is 7.27. The molecule has 3 fully saturated rings. The molecule has 2 aliphatic heterocycles. The fourth-order valence-corrected chi connectivity index (χ4v) is 6.61. The largest absolute Gasteiger partial charge is 0.487 e. The second kappa shape index (κ2) is 13.1. The van der Waals surface area contributed by atoms with Gasteiger partial charge in [-0.25, -0.2) is 18.1 Å². The molecule has 13 nitrogen and oxygen atoms in total. The van der Waals surface area contributed by atoms with E-state index in [1.54, 1.807) is 4.90 Å². The van der Waals surface area contributed by atoms with Crippen molar-refractivity contribution in [3.8, 4) is 5.75 Å². The van der Waals surface area contributed by atoms with Gasteiger partial charge in [0.05, 0.1) is 23.6 Å². The van der Waals surface area contributed by atoms with Crippen molar-refractivity contribution in [2.75, 3.05) is 54.1 Å². The first-order valence-corrected chi connectivity index (χ1v) is 16.5. The van der Waals surface area contributed by atoms with Gasteiger partial charge in [0.1, 0.15) is 30.5 Å². The summed E-state index contributed by atoms with van der Waals surface area (Å²) >= 11 is 0. The Morgan fingerprint density at radius 1 is 1.13 bits per heavy atom. The molecule has 1 atom stereocenters. The molecule has 0 bridgehead atoms. The second-order valence-electron chi connectivity index (χ2n) is 11.7. The lowest BCUT2D eigenvalue weighted by atomic mass is 9.91. The summed E-state index contributed by atoms with van der Waals surface area (Å²) < 4.78 is 58.3. The summed E-state index contributed by atoms with van der Waals surface area (Å²) in [5.74, 6) is -5.18. The van der Waals surface area contributed by atoms with Gasteiger partial charge in [0.15, 0.2) is 17.3 Å². The van der Waals surface area contributed by atoms with Crippen LogP contribution in [0.5, 0.6) is 5.75 Å². The van der Waals surface area contributed by atoms with Gasteiger partial charge >= 0.3 is 19.9 Å². The van der Waals surface area contributed by atoms with Gasteiger partial charge in [0.2, 0.25) is 0 Å². The summed E-state index contributed by atoms with van der Waals surface area (Å²) in [5.41, 5.74) is -0.760. The van der Waals surface area contributed by atoms with Crippen molar-refractivity contribution in [1.29, 1.82) is 0 Å². The molecule has 2 heterocycles. The minimum atomic E-state index is -5.04. The van der Waals surface area contributed by atoms with Gasteiger partial charge in [-0.1, -0.05) is 0 Å². The number of Topliss-reactive ketones (excluding diaryl/α,β-unsaturated/α-hetero) is 1. The van der Waals surface area contributed by atoms with Crippen molar-refractivity contribution in [1.82, 2.24) is 0 Å². The minimum Gasteiger partial charge on any atom is -0.487 e. The predicted molar refractivity (Wildman–Crippen MR) is 161 cm³/mol. The maximum atomic E-state index is 15.7. The van der Waals surface area contributed by atoms with Gasteiger partial charge in [-0.2, -0.15) is 0 Å². The van der Waals surface area contributed by atoms with Crippen molar-refractivity contribution < 1.29 is 56.6 Å². The van der Waals surface area contributed by atoms with Crippen molar-refractivity contribution >= 4 is 42.7 Å². The molecule has 0 aromatic heterocycles. The van der Waals surface area contributed by atoms with Crippen LogP contribution in [0, 0.1) is 17.6 Å². The fourth-order valence-electron chi connectivity index (χ4n) is 5.87. The van der Waals surface area contributed by atoms with Crippen LogP contribution in [-0.4, -0.2) is 83.8 Å². The molecule has 3 aliphatic rings. The van der Waals surface area contributed by atoms with Crippen LogP contribution in [0.15, 0.2) is 30.3 Å². The summed E-state index contributed by atoms with van der Waals surface area (Å²) in [6.45, 7) is 3.77. The maximum absolute atomic E-state index is 15.7. The Morgan fingerprint density at radius 3 is 2.37 bits per heavy atom. The van der Waals surface area contributed by atoms with E-state index >= 15 is 4.39 Å². The third-order valence-corrected chi connectivity index (χ3v) is 9.16. The second-order valence-corrected chi connectivity index (χ2v) is 12.8. The molecule has 2 aromatic carbocycles. The average Bonchev–Trinajstić information content (AvgIpc) is 3.75. The molecular formula is C30H36F2N3O10P. The van der Waals surface area contributed by atoms with Crippen LogP contribution in [-0.2, 0) is 18.6 Å². The molecule has 1 saturated carbocycles. The number of amides is 1. The Labute approximate surface area is 263 Å². The number of ketones is 1. The number of carboxylic acids is 1. The van der Waals surface area contributed by atoms with Crippen molar-refractivity contribution in [2.45, 2.75) is 51.2 Å². The first-order chi connectivity index (χ1) is 21.7. The number of aliphatic carboxylic acids is 1. The fraction of sp³-hybridized carbons (Fsp3) is 0.500. The summed E-state index contributed by atoms with van der Waals surface area (Å²) in [6.07, 6.45) is 1.07. The van der Waals surface area contributed by atoms with Gasteiger partial charge in [0.25, 0.3) is 0 Å². The molecule has 0 radical (unpaired) electrons. The number of piperidine rings is 1. The molecular weight excluding hydrogens is 631 g/mol. The first kappa shape index (κ1) is 33.6. The Hall–Kier alpha value is -3.78. The monoisotopic (exact) mass is 667 g/mol. The van der Waals surface area contributed by atoms with E-state index in [2.05, 4.69) is 0 Å². The Bertz CT molecular complexity index is 1560. The van der Waals surface area contributed by atoms with Gasteiger partial charge < -0.3 is 34.2 Å². The highest BCUT2D eigenvalue weighted by Gasteiger charge is 2.43. The lowest BCUT2D eigenvalue weighted by Gasteiger charge is -2.42. The zero-order valence-corrected chi connectivity index (χ0v) is 26.3. The standard InChI is InChI=1S/C30H36F2N3O10P/c1-3-34(19-4-5-19)24-16-25(22(31)15-21(24)27(36)18(2)28(37)38)33-10-8-30(9-11-33,45-46(40,41)42)17-44-26-7-6-20(14-23(26)32)35-12-13-43-29(35)39/h6-7,14-16,18-19H,3-5,8-13,17H2,1-2H3,(H,37,38)(H2,40,41,42). The number of carbonyl (C=O) groups is 3. The third-order valence-electron chi connectivity index (χ3n) is 8.54. The maximum Gasteiger partial charge on any atom is 0.470 e. The molecule has 1 aliphatic carbocycles. The smallest absolute Gasteiger partial charge is 0.470 e. The van der Waals surface area contributed by atoms with Gasteiger partial charge in [-0.05, 0) is 63.8 Å². The number of rotatable bonds is 13. The number of ether oxygens (including phenoxy) is 2. The number of carbonyl (C=O) groups excluding carboxylic acids is 2. The SMILES string of the molecule is CCN(c1cc(N2CCC(COc3ccc(N4CCOC4=O)cc3F)(OP(=O)(O)O)CC2)c(F)cc1C(=O)C(C)C(=O)O)C1CC1. The van der Waals surface area contributed by atoms with Gasteiger partial charge in [-0.3, -0.25) is 19.0 Å². The Kier molecular flexibility index (Phi) is 9.60. The normalized spacial score (nSPS) is 18.7. The molecule has 2 saturated heterocycles. The Morgan fingerprint density at radius 2 is 1.83 bits per heavy atom. The number of nitrogens with zero attached hydrogens (tertiary/aromatic N) is 3. The molecule has 46 heavy (non-hydrogen) atoms. The van der Waals surface area contributed by atoms with E-state index in [0.29, 0.717) is 12.2 Å².